The number of rotatable bonds is 2. The van der Waals surface area contributed by atoms with Crippen molar-refractivity contribution in [1.82, 2.24) is 9.80 Å². The molecule has 30 heavy (non-hydrogen) atoms. The van der Waals surface area contributed by atoms with Crippen LogP contribution in [0.4, 0.5) is 5.69 Å². The van der Waals surface area contributed by atoms with Crippen LogP contribution in [0.3, 0.4) is 0 Å². The van der Waals surface area contributed by atoms with Crippen LogP contribution in [0, 0.1) is 0 Å². The molecule has 1 fully saturated rings. The third kappa shape index (κ3) is 3.66. The van der Waals surface area contributed by atoms with E-state index in [1.165, 1.54) is 0 Å². The van der Waals surface area contributed by atoms with Gasteiger partial charge in [0.25, 0.3) is 0 Å². The number of ether oxygens (including phenoxy) is 1. The lowest BCUT2D eigenvalue weighted by Gasteiger charge is -2.36. The Bertz CT molecular complexity index is 1090. The van der Waals surface area contributed by atoms with Crippen LogP contribution >= 0.6 is 0 Å². The van der Waals surface area contributed by atoms with E-state index in [2.05, 4.69) is 4.90 Å². The van der Waals surface area contributed by atoms with Crippen LogP contribution < -0.4 is 4.74 Å². The van der Waals surface area contributed by atoms with Gasteiger partial charge in [0.1, 0.15) is 17.3 Å². The van der Waals surface area contributed by atoms with E-state index in [1.54, 1.807) is 0 Å². The zero-order chi connectivity index (χ0) is 20.3. The van der Waals surface area contributed by atoms with Crippen molar-refractivity contribution < 1.29 is 9.53 Å². The standard InChI is InChI=1S/C25H23N3O2/c29-24(18-19-8-2-1-3-9-19)27-14-16-28(17-15-27)25-20-10-4-6-12-22(20)30-23-13-7-5-11-21(23)26-25/h1-13H,14-18H2. The van der Waals surface area contributed by atoms with Crippen LogP contribution in [0.25, 0.3) is 0 Å². The number of piperazine rings is 1. The third-order valence-electron chi connectivity index (χ3n) is 5.57. The van der Waals surface area contributed by atoms with Gasteiger partial charge in [0.15, 0.2) is 5.75 Å². The number of fused-ring (bicyclic) bond motifs is 2. The van der Waals surface area contributed by atoms with Crippen LogP contribution in [0.1, 0.15) is 11.1 Å². The van der Waals surface area contributed by atoms with Gasteiger partial charge < -0.3 is 14.5 Å². The van der Waals surface area contributed by atoms with E-state index >= 15 is 0 Å². The number of para-hydroxylation sites is 3. The van der Waals surface area contributed by atoms with Crippen LogP contribution in [0.15, 0.2) is 83.9 Å². The van der Waals surface area contributed by atoms with Crippen molar-refractivity contribution in [2.24, 2.45) is 4.99 Å². The Morgan fingerprint density at radius 3 is 2.27 bits per heavy atom. The van der Waals surface area contributed by atoms with Crippen molar-refractivity contribution in [3.8, 4) is 11.5 Å². The number of carbonyl (C=O) groups is 1. The average Bonchev–Trinajstić information content (AvgIpc) is 2.96. The summed E-state index contributed by atoms with van der Waals surface area (Å²) in [4.78, 5) is 21.9. The smallest absolute Gasteiger partial charge is 0.227 e. The van der Waals surface area contributed by atoms with E-state index in [0.717, 1.165) is 47.2 Å². The van der Waals surface area contributed by atoms with Gasteiger partial charge >= 0.3 is 0 Å². The summed E-state index contributed by atoms with van der Waals surface area (Å²) in [5, 5.41) is 0. The lowest BCUT2D eigenvalue weighted by molar-refractivity contribution is -0.131. The quantitative estimate of drug-likeness (QED) is 0.649. The molecular formula is C25H23N3O2. The minimum Gasteiger partial charge on any atom is -0.454 e. The molecule has 5 nitrogen and oxygen atoms in total. The minimum atomic E-state index is 0.178. The van der Waals surface area contributed by atoms with Gasteiger partial charge in [0.05, 0.1) is 12.0 Å². The maximum absolute atomic E-state index is 12.7. The summed E-state index contributed by atoms with van der Waals surface area (Å²) in [6, 6.07) is 25.8. The number of carbonyl (C=O) groups excluding carboxylic acids is 1. The van der Waals surface area contributed by atoms with Crippen LogP contribution in [-0.2, 0) is 11.2 Å². The molecule has 1 amide bonds. The van der Waals surface area contributed by atoms with Crippen molar-refractivity contribution in [3.63, 3.8) is 0 Å². The lowest BCUT2D eigenvalue weighted by atomic mass is 10.1. The molecule has 2 heterocycles. The van der Waals surface area contributed by atoms with Gasteiger partial charge in [0.2, 0.25) is 5.91 Å². The predicted molar refractivity (Wildman–Crippen MR) is 117 cm³/mol. The number of amidine groups is 1. The largest absolute Gasteiger partial charge is 0.454 e. The van der Waals surface area contributed by atoms with E-state index in [9.17, 15) is 4.79 Å². The molecule has 0 aliphatic carbocycles. The fourth-order valence-electron chi connectivity index (χ4n) is 3.96. The molecule has 1 saturated heterocycles. The van der Waals surface area contributed by atoms with Gasteiger partial charge in [-0.1, -0.05) is 54.6 Å². The van der Waals surface area contributed by atoms with Crippen molar-refractivity contribution in [3.05, 3.63) is 90.0 Å². The molecule has 0 atom stereocenters. The molecule has 5 heteroatoms. The van der Waals surface area contributed by atoms with Crippen molar-refractivity contribution in [2.75, 3.05) is 26.2 Å². The van der Waals surface area contributed by atoms with Gasteiger partial charge in [0, 0.05) is 26.2 Å². The normalized spacial score (nSPS) is 15.4. The van der Waals surface area contributed by atoms with Gasteiger partial charge in [-0.05, 0) is 29.8 Å². The summed E-state index contributed by atoms with van der Waals surface area (Å²) >= 11 is 0. The minimum absolute atomic E-state index is 0.178. The van der Waals surface area contributed by atoms with Crippen LogP contribution in [0.2, 0.25) is 0 Å². The predicted octanol–water partition coefficient (Wildman–Crippen LogP) is 4.26. The molecule has 3 aromatic rings. The van der Waals surface area contributed by atoms with E-state index in [0.29, 0.717) is 19.5 Å². The second-order valence-electron chi connectivity index (χ2n) is 7.53. The molecule has 0 aromatic heterocycles. The Morgan fingerprint density at radius 2 is 1.47 bits per heavy atom. The van der Waals surface area contributed by atoms with Crippen molar-refractivity contribution in [2.45, 2.75) is 6.42 Å². The maximum atomic E-state index is 12.7. The first-order valence-electron chi connectivity index (χ1n) is 10.3. The third-order valence-corrected chi connectivity index (χ3v) is 5.57. The molecule has 0 spiro atoms. The Labute approximate surface area is 176 Å². The Balaban J connectivity index is 1.35. The highest BCUT2D eigenvalue weighted by atomic mass is 16.5. The molecule has 0 bridgehead atoms. The van der Waals surface area contributed by atoms with Gasteiger partial charge in [-0.15, -0.1) is 0 Å². The molecule has 2 aliphatic heterocycles. The van der Waals surface area contributed by atoms with Gasteiger partial charge in [-0.25, -0.2) is 4.99 Å². The first-order chi connectivity index (χ1) is 14.8. The van der Waals surface area contributed by atoms with Gasteiger partial charge in [-0.2, -0.15) is 0 Å². The Kier molecular flexibility index (Phi) is 4.93. The molecule has 5 rings (SSSR count). The fraction of sp³-hybridized carbons (Fsp3) is 0.200. The molecule has 150 valence electrons. The first kappa shape index (κ1) is 18.4. The first-order valence-corrected chi connectivity index (χ1v) is 10.3. The Morgan fingerprint density at radius 1 is 0.800 bits per heavy atom. The lowest BCUT2D eigenvalue weighted by Crippen LogP contribution is -2.51. The second kappa shape index (κ2) is 8.03. The Hall–Kier alpha value is -3.60. The number of nitrogens with zero attached hydrogens (tertiary/aromatic N) is 3. The summed E-state index contributed by atoms with van der Waals surface area (Å²) in [7, 11) is 0. The van der Waals surface area contributed by atoms with Gasteiger partial charge in [-0.3, -0.25) is 4.79 Å². The van der Waals surface area contributed by atoms with E-state index in [1.807, 2.05) is 83.8 Å². The zero-order valence-electron chi connectivity index (χ0n) is 16.7. The molecule has 0 radical (unpaired) electrons. The maximum Gasteiger partial charge on any atom is 0.227 e. The topological polar surface area (TPSA) is 45.1 Å². The highest BCUT2D eigenvalue weighted by Crippen LogP contribution is 2.37. The molecule has 0 unspecified atom stereocenters. The van der Waals surface area contributed by atoms with E-state index < -0.39 is 0 Å². The molecule has 0 N–H and O–H groups in total. The monoisotopic (exact) mass is 397 g/mol. The van der Waals surface area contributed by atoms with E-state index in [-0.39, 0.29) is 5.91 Å². The fourth-order valence-corrected chi connectivity index (χ4v) is 3.96. The summed E-state index contributed by atoms with van der Waals surface area (Å²) in [6.07, 6.45) is 0.450. The summed E-state index contributed by atoms with van der Waals surface area (Å²) in [6.45, 7) is 2.87. The highest BCUT2D eigenvalue weighted by Gasteiger charge is 2.27. The number of amides is 1. The summed E-state index contributed by atoms with van der Waals surface area (Å²) in [5.74, 6) is 2.66. The van der Waals surface area contributed by atoms with E-state index in [4.69, 9.17) is 9.73 Å². The average molecular weight is 397 g/mol. The van der Waals surface area contributed by atoms with Crippen molar-refractivity contribution in [1.29, 1.82) is 0 Å². The van der Waals surface area contributed by atoms with Crippen LogP contribution in [-0.4, -0.2) is 47.7 Å². The summed E-state index contributed by atoms with van der Waals surface area (Å²) in [5.41, 5.74) is 2.87. The van der Waals surface area contributed by atoms with Crippen LogP contribution in [0.5, 0.6) is 11.5 Å². The SMILES string of the molecule is O=C(Cc1ccccc1)N1CCN(C2=Nc3ccccc3Oc3ccccc32)CC1. The second-order valence-corrected chi connectivity index (χ2v) is 7.53. The highest BCUT2D eigenvalue weighted by molar-refractivity contribution is 6.03. The van der Waals surface area contributed by atoms with Crippen molar-refractivity contribution >= 4 is 17.4 Å². The number of benzene rings is 3. The molecular weight excluding hydrogens is 374 g/mol. The molecule has 3 aromatic carbocycles. The molecule has 2 aliphatic rings. The number of aliphatic imine (C=N–C) groups is 1. The zero-order valence-corrected chi connectivity index (χ0v) is 16.7. The molecule has 0 saturated carbocycles. The summed E-state index contributed by atoms with van der Waals surface area (Å²) < 4.78 is 6.14. The number of hydrogen-bond donors (Lipinski definition) is 0. The number of hydrogen-bond acceptors (Lipinski definition) is 4.